The van der Waals surface area contributed by atoms with E-state index in [1.165, 1.54) is 11.8 Å². The fraction of sp³-hybridized carbons (Fsp3) is 0.333. The molecule has 0 aliphatic heterocycles. The van der Waals surface area contributed by atoms with Gasteiger partial charge in [0.25, 0.3) is 0 Å². The maximum Gasteiger partial charge on any atom is 0.224 e. The molecule has 2 N–H and O–H groups in total. The van der Waals surface area contributed by atoms with Crippen molar-refractivity contribution in [3.05, 3.63) is 34.4 Å². The van der Waals surface area contributed by atoms with Crippen molar-refractivity contribution in [2.75, 3.05) is 17.7 Å². The number of nitrogens with one attached hydrogen (secondary N) is 2. The third kappa shape index (κ3) is 3.16. The van der Waals surface area contributed by atoms with Gasteiger partial charge in [-0.05, 0) is 35.7 Å². The van der Waals surface area contributed by atoms with E-state index in [1.807, 2.05) is 12.3 Å². The number of thiophene rings is 1. The lowest BCUT2D eigenvalue weighted by Gasteiger charge is -2.14. The van der Waals surface area contributed by atoms with E-state index in [9.17, 15) is 4.39 Å². The summed E-state index contributed by atoms with van der Waals surface area (Å²) < 4.78 is 13.5. The second kappa shape index (κ2) is 5.77. The molecule has 0 aliphatic rings. The van der Waals surface area contributed by atoms with Crippen molar-refractivity contribution in [1.82, 2.24) is 9.97 Å². The van der Waals surface area contributed by atoms with Gasteiger partial charge in [-0.25, -0.2) is 9.37 Å². The molecule has 96 valence electrons. The molecule has 0 amide bonds. The van der Waals surface area contributed by atoms with Gasteiger partial charge in [0, 0.05) is 13.1 Å². The van der Waals surface area contributed by atoms with Crippen LogP contribution in [0, 0.1) is 5.82 Å². The molecule has 2 aromatic rings. The third-order valence-electron chi connectivity index (χ3n) is 2.47. The first kappa shape index (κ1) is 12.8. The molecule has 0 radical (unpaired) electrons. The summed E-state index contributed by atoms with van der Waals surface area (Å²) in [6, 6.07) is 2.17. The highest BCUT2D eigenvalue weighted by Crippen LogP contribution is 2.15. The summed E-state index contributed by atoms with van der Waals surface area (Å²) in [6.07, 6.45) is 2.00. The van der Waals surface area contributed by atoms with E-state index in [2.05, 4.69) is 32.0 Å². The Bertz CT molecular complexity index is 501. The van der Waals surface area contributed by atoms with E-state index in [4.69, 9.17) is 0 Å². The molecule has 0 saturated heterocycles. The van der Waals surface area contributed by atoms with Gasteiger partial charge >= 0.3 is 0 Å². The number of nitrogens with zero attached hydrogens (tertiary/aromatic N) is 2. The Morgan fingerprint density at radius 3 is 3.00 bits per heavy atom. The molecule has 0 spiro atoms. The van der Waals surface area contributed by atoms with Crippen molar-refractivity contribution in [2.45, 2.75) is 19.4 Å². The molecule has 6 heteroatoms. The fourth-order valence-electron chi connectivity index (χ4n) is 1.64. The quantitative estimate of drug-likeness (QED) is 0.873. The first-order chi connectivity index (χ1) is 8.69. The molecule has 2 rings (SSSR count). The summed E-state index contributed by atoms with van der Waals surface area (Å²) in [5.41, 5.74) is 1.24. The molecule has 1 unspecified atom stereocenters. The minimum atomic E-state index is -0.439. The second-order valence-corrected chi connectivity index (χ2v) is 4.80. The van der Waals surface area contributed by atoms with E-state index >= 15 is 0 Å². The Labute approximate surface area is 109 Å². The Kier molecular flexibility index (Phi) is 4.09. The van der Waals surface area contributed by atoms with Crippen LogP contribution in [0.2, 0.25) is 0 Å². The minimum absolute atomic E-state index is 0.105. The first-order valence-electron chi connectivity index (χ1n) is 5.67. The van der Waals surface area contributed by atoms with Gasteiger partial charge in [-0.3, -0.25) is 0 Å². The molecule has 18 heavy (non-hydrogen) atoms. The Morgan fingerprint density at radius 2 is 2.33 bits per heavy atom. The highest BCUT2D eigenvalue weighted by atomic mass is 32.1. The maximum atomic E-state index is 13.5. The van der Waals surface area contributed by atoms with Gasteiger partial charge in [-0.2, -0.15) is 16.3 Å². The molecule has 0 bridgehead atoms. The fourth-order valence-corrected chi connectivity index (χ4v) is 2.32. The standard InChI is InChI=1S/C12H15FN4S/c1-8(5-9-3-4-18-7-9)16-11-10(13)6-15-12(14-2)17-11/h3-4,6-8H,5H2,1-2H3,(H2,14,15,16,17). The predicted octanol–water partition coefficient (Wildman–Crippen LogP) is 2.76. The molecule has 4 nitrogen and oxygen atoms in total. The van der Waals surface area contributed by atoms with E-state index in [1.54, 1.807) is 18.4 Å². The van der Waals surface area contributed by atoms with Crippen molar-refractivity contribution in [3.63, 3.8) is 0 Å². The van der Waals surface area contributed by atoms with E-state index < -0.39 is 5.82 Å². The smallest absolute Gasteiger partial charge is 0.224 e. The second-order valence-electron chi connectivity index (χ2n) is 4.02. The van der Waals surface area contributed by atoms with E-state index in [-0.39, 0.29) is 11.9 Å². The highest BCUT2D eigenvalue weighted by molar-refractivity contribution is 7.07. The number of anilines is 2. The summed E-state index contributed by atoms with van der Waals surface area (Å²) >= 11 is 1.66. The summed E-state index contributed by atoms with van der Waals surface area (Å²) in [5.74, 6) is 0.199. The van der Waals surface area contributed by atoms with Crippen LogP contribution < -0.4 is 10.6 Å². The lowest BCUT2D eigenvalue weighted by molar-refractivity contribution is 0.612. The lowest BCUT2D eigenvalue weighted by atomic mass is 10.1. The van der Waals surface area contributed by atoms with Crippen LogP contribution in [0.4, 0.5) is 16.2 Å². The molecule has 0 aromatic carbocycles. The van der Waals surface area contributed by atoms with Crippen LogP contribution in [-0.2, 0) is 6.42 Å². The van der Waals surface area contributed by atoms with Crippen molar-refractivity contribution >= 4 is 23.1 Å². The zero-order chi connectivity index (χ0) is 13.0. The number of halogens is 1. The minimum Gasteiger partial charge on any atom is -0.365 e. The largest absolute Gasteiger partial charge is 0.365 e. The van der Waals surface area contributed by atoms with Crippen molar-refractivity contribution < 1.29 is 4.39 Å². The van der Waals surface area contributed by atoms with E-state index in [0.29, 0.717) is 5.95 Å². The predicted molar refractivity (Wildman–Crippen MR) is 72.6 cm³/mol. The van der Waals surface area contributed by atoms with Gasteiger partial charge in [0.2, 0.25) is 5.95 Å². The van der Waals surface area contributed by atoms with Gasteiger partial charge in [0.05, 0.1) is 6.20 Å². The SMILES string of the molecule is CNc1ncc(F)c(NC(C)Cc2ccsc2)n1. The summed E-state index contributed by atoms with van der Waals surface area (Å²) in [7, 11) is 1.70. The van der Waals surface area contributed by atoms with Gasteiger partial charge in [-0.1, -0.05) is 0 Å². The van der Waals surface area contributed by atoms with Crippen LogP contribution >= 0.6 is 11.3 Å². The van der Waals surface area contributed by atoms with Crippen molar-refractivity contribution in [1.29, 1.82) is 0 Å². The number of hydrogen-bond acceptors (Lipinski definition) is 5. The van der Waals surface area contributed by atoms with Crippen molar-refractivity contribution in [2.24, 2.45) is 0 Å². The summed E-state index contributed by atoms with van der Waals surface area (Å²) in [6.45, 7) is 2.00. The lowest BCUT2D eigenvalue weighted by Crippen LogP contribution is -2.20. The first-order valence-corrected chi connectivity index (χ1v) is 6.61. The third-order valence-corrected chi connectivity index (χ3v) is 3.20. The highest BCUT2D eigenvalue weighted by Gasteiger charge is 2.10. The van der Waals surface area contributed by atoms with Gasteiger partial charge in [-0.15, -0.1) is 0 Å². The zero-order valence-electron chi connectivity index (χ0n) is 10.3. The molecule has 0 saturated carbocycles. The van der Waals surface area contributed by atoms with E-state index in [0.717, 1.165) is 6.42 Å². The maximum absolute atomic E-state index is 13.5. The number of rotatable bonds is 5. The molecule has 2 heterocycles. The van der Waals surface area contributed by atoms with Gasteiger partial charge < -0.3 is 10.6 Å². The Morgan fingerprint density at radius 1 is 1.50 bits per heavy atom. The van der Waals surface area contributed by atoms with Crippen LogP contribution in [0.3, 0.4) is 0 Å². The van der Waals surface area contributed by atoms with Crippen LogP contribution in [0.25, 0.3) is 0 Å². The average molecular weight is 266 g/mol. The summed E-state index contributed by atoms with van der Waals surface area (Å²) in [4.78, 5) is 7.86. The van der Waals surface area contributed by atoms with Crippen LogP contribution in [0.15, 0.2) is 23.0 Å². The topological polar surface area (TPSA) is 49.8 Å². The Hall–Kier alpha value is -1.69. The molecule has 0 fully saturated rings. The van der Waals surface area contributed by atoms with Gasteiger partial charge in [0.1, 0.15) is 0 Å². The zero-order valence-corrected chi connectivity index (χ0v) is 11.1. The normalized spacial score (nSPS) is 12.2. The number of aromatic nitrogens is 2. The monoisotopic (exact) mass is 266 g/mol. The van der Waals surface area contributed by atoms with Crippen LogP contribution in [0.1, 0.15) is 12.5 Å². The Balaban J connectivity index is 2.04. The molecular weight excluding hydrogens is 251 g/mol. The molecule has 1 atom stereocenters. The van der Waals surface area contributed by atoms with Gasteiger partial charge in [0.15, 0.2) is 11.6 Å². The van der Waals surface area contributed by atoms with Crippen LogP contribution in [-0.4, -0.2) is 23.1 Å². The van der Waals surface area contributed by atoms with Crippen LogP contribution in [0.5, 0.6) is 0 Å². The summed E-state index contributed by atoms with van der Waals surface area (Å²) in [5, 5.41) is 9.97. The molecular formula is C12H15FN4S. The number of hydrogen-bond donors (Lipinski definition) is 2. The average Bonchev–Trinajstić information content (AvgIpc) is 2.84. The van der Waals surface area contributed by atoms with Crippen molar-refractivity contribution in [3.8, 4) is 0 Å². The molecule has 0 aliphatic carbocycles. The molecule has 2 aromatic heterocycles.